The standard InChI is InChI=1S/2C9H7N.2C8H6N2.C8H6O.C8H6S.C5H6N2O4.C5H7NO2.C4H4N2O2.3C2H4O2.15C2H6.CH4/c1-2-6-9-8(4-1)5-3-7-10-9;1-2-4-9-7-10-6-5-8(9)3-1;1-2-4-8-7(3-1)5-9-6-10-8;1-2-4-8-7(3-1)9-5-6-10-8;2*1-2-4-8-7(3-1)5-6-9-8;8-5(9)4-1-3(2-11-10)6-7-4;7-8-4-5-1-2-6-3-5;7-4(8)3-1-2-5-6-3;3*1-2(3)4;15*1-2;/h2*1-7H;2*1-6H;2*1-6H;1,10H,2H2,(H,6,7)(H,8,9);1-3,6-7H,4H2;1-2H,(H,5,6)(H,7,8);3*1H3,(H,3,4);15*1-2H3;1H4. The average molecular weight is 1800 g/mol. The molecule has 0 fully saturated rings. The zero-order valence-electron chi connectivity index (χ0n) is 82.2. The number of para-hydroxylation sites is 5. The second-order valence-electron chi connectivity index (χ2n) is 18.6. The Balaban J connectivity index is -0.000000100. The number of benzene rings is 6. The van der Waals surface area contributed by atoms with Crippen LogP contribution in [0, 0.1) is 0 Å². The van der Waals surface area contributed by atoms with Gasteiger partial charge in [-0.05, 0) is 106 Å². The summed E-state index contributed by atoms with van der Waals surface area (Å²) in [4.78, 5) is 82.1. The van der Waals surface area contributed by atoms with Gasteiger partial charge in [0.2, 0.25) is 0 Å². The molecule has 10 N–H and O–H groups in total. The Kier molecular flexibility index (Phi) is 133. The quantitative estimate of drug-likeness (QED) is 0.0546. The number of nitrogens with one attached hydrogen (secondary N) is 3. The number of carboxylic acid groups (broad SMARTS) is 5. The number of aliphatic carboxylic acids is 3. The number of carboxylic acids is 5. The molecule has 716 valence electrons. The smallest absolute Gasteiger partial charge is 0.356 e. The molecule has 0 aliphatic rings. The van der Waals surface area contributed by atoms with Crippen molar-refractivity contribution in [1.29, 1.82) is 0 Å². The first kappa shape index (κ1) is 144. The molecule has 9 heterocycles. The molecule has 0 saturated heterocycles. The van der Waals surface area contributed by atoms with E-state index in [0.717, 1.165) is 64.8 Å². The van der Waals surface area contributed by atoms with Gasteiger partial charge in [-0.25, -0.2) is 29.3 Å². The largest absolute Gasteiger partial charge is 0.481 e. The van der Waals surface area contributed by atoms with Crippen LogP contribution in [0.4, 0.5) is 0 Å². The number of hydrogen-bond donors (Lipinski definition) is 10. The number of nitrogens with zero attached hydrogens (tertiary/aromatic N) is 8. The Hall–Kier alpha value is -12.8. The number of H-pyrrole nitrogens is 3. The number of aromatic nitrogens is 11. The fourth-order valence-corrected chi connectivity index (χ4v) is 7.99. The van der Waals surface area contributed by atoms with Crippen molar-refractivity contribution >= 4 is 106 Å². The SMILES string of the molecule is C.CC.CC.CC.CC.CC.CC.CC.CC.CC.CC.CC.CC.CC.CC.CC.CC(=O)O.CC(=O)O.CC(=O)O.O=C(O)c1cc(COO)[nH]n1.O=C(O)c1ccn[nH]1.OOCc1cc[nH]c1.c1ccc2cnccc2c1.c1ccc2ncccc2c1.c1ccc2nccnc2c1.c1ccc2ncncc2c1.c1ccc2occc2c1.c1ccc2sccc2c1. The summed E-state index contributed by atoms with van der Waals surface area (Å²) in [6.07, 6.45) is 18.9. The lowest BCUT2D eigenvalue weighted by Crippen LogP contribution is -1.95. The minimum atomic E-state index is -1.12. The summed E-state index contributed by atoms with van der Waals surface area (Å²) in [6, 6.07) is 62.9. The van der Waals surface area contributed by atoms with Gasteiger partial charge in [-0.15, -0.1) is 11.3 Å². The summed E-state index contributed by atoms with van der Waals surface area (Å²) in [5, 5.41) is 75.6. The van der Waals surface area contributed by atoms with Crippen molar-refractivity contribution in [1.82, 2.24) is 55.3 Å². The Bertz CT molecular complexity index is 3970. The molecular formula is C101H161N11O15S. The van der Waals surface area contributed by atoms with Crippen molar-refractivity contribution in [2.75, 3.05) is 0 Å². The van der Waals surface area contributed by atoms with Crippen LogP contribution in [0.25, 0.3) is 64.7 Å². The number of hydrogen-bond acceptors (Lipinski definition) is 19. The number of aromatic carboxylic acids is 2. The van der Waals surface area contributed by atoms with Crippen LogP contribution < -0.4 is 0 Å². The fraction of sp³-hybridized carbons (Fsp3) is 0.356. The number of fused-ring (bicyclic) bond motifs is 6. The van der Waals surface area contributed by atoms with Gasteiger partial charge in [0.25, 0.3) is 17.9 Å². The van der Waals surface area contributed by atoms with Gasteiger partial charge in [0.1, 0.15) is 30.8 Å². The van der Waals surface area contributed by atoms with Crippen LogP contribution in [0.1, 0.15) is 268 Å². The molecule has 26 nitrogen and oxygen atoms in total. The van der Waals surface area contributed by atoms with Gasteiger partial charge in [-0.3, -0.25) is 55.0 Å². The van der Waals surface area contributed by atoms with E-state index in [9.17, 15) is 9.59 Å². The highest BCUT2D eigenvalue weighted by atomic mass is 32.1. The van der Waals surface area contributed by atoms with Crippen molar-refractivity contribution in [2.24, 2.45) is 0 Å². The monoisotopic (exact) mass is 1800 g/mol. The molecule has 0 aliphatic carbocycles. The van der Waals surface area contributed by atoms with Crippen LogP contribution in [-0.2, 0) is 37.4 Å². The van der Waals surface area contributed by atoms with Crippen molar-refractivity contribution in [3.63, 3.8) is 0 Å². The third-order valence-electron chi connectivity index (χ3n) is 11.3. The second-order valence-corrected chi connectivity index (χ2v) is 19.6. The van der Waals surface area contributed by atoms with Gasteiger partial charge in [0.15, 0.2) is 5.69 Å². The predicted molar refractivity (Wildman–Crippen MR) is 544 cm³/mol. The molecule has 128 heavy (non-hydrogen) atoms. The third-order valence-corrected chi connectivity index (χ3v) is 12.2. The first-order chi connectivity index (χ1) is 62.0. The van der Waals surface area contributed by atoms with E-state index in [1.54, 1.807) is 48.7 Å². The minimum Gasteiger partial charge on any atom is -0.481 e. The minimum absolute atomic E-state index is 0. The van der Waals surface area contributed by atoms with Crippen molar-refractivity contribution in [2.45, 2.75) is 249 Å². The molecular weight excluding hydrogens is 1640 g/mol. The molecule has 9 aromatic heterocycles. The van der Waals surface area contributed by atoms with Crippen LogP contribution in [0.2, 0.25) is 0 Å². The van der Waals surface area contributed by atoms with Crippen LogP contribution in [0.15, 0.2) is 272 Å². The molecule has 0 saturated carbocycles. The van der Waals surface area contributed by atoms with Gasteiger partial charge in [-0.2, -0.15) is 10.2 Å². The normalized spacial score (nSPS) is 7.87. The summed E-state index contributed by atoms with van der Waals surface area (Å²) < 4.78 is 6.49. The highest BCUT2D eigenvalue weighted by molar-refractivity contribution is 7.17. The second kappa shape index (κ2) is 118. The van der Waals surface area contributed by atoms with Crippen molar-refractivity contribution in [3.05, 3.63) is 291 Å². The summed E-state index contributed by atoms with van der Waals surface area (Å²) in [6.45, 7) is 63.4. The Morgan fingerprint density at radius 1 is 0.375 bits per heavy atom. The molecule has 0 bridgehead atoms. The molecule has 0 radical (unpaired) electrons. The van der Waals surface area contributed by atoms with Crippen molar-refractivity contribution in [3.8, 4) is 0 Å². The number of pyridine rings is 2. The topological polar surface area (TPSA) is 409 Å². The van der Waals surface area contributed by atoms with Crippen LogP contribution >= 0.6 is 11.3 Å². The lowest BCUT2D eigenvalue weighted by molar-refractivity contribution is -0.253. The van der Waals surface area contributed by atoms with E-state index in [2.05, 4.69) is 125 Å². The van der Waals surface area contributed by atoms with E-state index in [1.807, 2.05) is 360 Å². The number of rotatable bonds is 6. The summed E-state index contributed by atoms with van der Waals surface area (Å²) in [7, 11) is 0. The molecule has 15 aromatic rings. The number of furan rings is 1. The summed E-state index contributed by atoms with van der Waals surface area (Å²) >= 11 is 1.79. The zero-order valence-corrected chi connectivity index (χ0v) is 83.0. The highest BCUT2D eigenvalue weighted by Crippen LogP contribution is 2.19. The number of thiophene rings is 1. The molecule has 0 unspecified atom stereocenters. The average Bonchev–Trinajstić information content (AvgIpc) is 1.89. The predicted octanol–water partition coefficient (Wildman–Crippen LogP) is 30.6. The third kappa shape index (κ3) is 84.1. The van der Waals surface area contributed by atoms with E-state index in [-0.39, 0.29) is 32.0 Å². The zero-order chi connectivity index (χ0) is 100. The van der Waals surface area contributed by atoms with Gasteiger partial charge >= 0.3 is 11.9 Å². The van der Waals surface area contributed by atoms with Crippen LogP contribution in [-0.4, -0.2) is 121 Å². The maximum Gasteiger partial charge on any atom is 0.356 e. The van der Waals surface area contributed by atoms with Gasteiger partial charge in [-0.1, -0.05) is 330 Å². The first-order valence-electron chi connectivity index (χ1n) is 43.4. The van der Waals surface area contributed by atoms with E-state index in [4.69, 9.17) is 54.8 Å². The fourth-order valence-electron chi connectivity index (χ4n) is 7.20. The van der Waals surface area contributed by atoms with Gasteiger partial charge < -0.3 is 34.9 Å². The lowest BCUT2D eigenvalue weighted by Gasteiger charge is -1.91. The highest BCUT2D eigenvalue weighted by Gasteiger charge is 2.07. The molecule has 27 heteroatoms. The molecule has 6 aromatic carbocycles. The Morgan fingerprint density at radius 2 is 0.781 bits per heavy atom. The van der Waals surface area contributed by atoms with E-state index in [1.165, 1.54) is 44.6 Å². The maximum atomic E-state index is 10.2. The van der Waals surface area contributed by atoms with E-state index < -0.39 is 29.8 Å². The van der Waals surface area contributed by atoms with Crippen molar-refractivity contribution < 1.29 is 74.2 Å². The van der Waals surface area contributed by atoms with Crippen LogP contribution in [0.5, 0.6) is 0 Å². The van der Waals surface area contributed by atoms with Gasteiger partial charge in [0.05, 0.1) is 34.0 Å². The van der Waals surface area contributed by atoms with Gasteiger partial charge in [0, 0.05) is 97.4 Å². The summed E-state index contributed by atoms with van der Waals surface area (Å²) in [5.41, 5.74) is 6.27. The van der Waals surface area contributed by atoms with E-state index in [0.29, 0.717) is 5.69 Å². The molecule has 0 aliphatic heterocycles. The summed E-state index contributed by atoms with van der Waals surface area (Å²) in [5.74, 6) is -4.60. The molecule has 0 atom stereocenters. The Morgan fingerprint density at radius 3 is 1.18 bits per heavy atom. The number of aromatic amines is 3. The molecule has 0 spiro atoms. The first-order valence-corrected chi connectivity index (χ1v) is 44.3. The van der Waals surface area contributed by atoms with E-state index >= 15 is 0 Å². The Labute approximate surface area is 770 Å². The number of carbonyl (C=O) groups is 5. The molecule has 0 amide bonds. The molecule has 15 rings (SSSR count). The maximum absolute atomic E-state index is 10.2. The lowest BCUT2D eigenvalue weighted by atomic mass is 10.2. The van der Waals surface area contributed by atoms with Crippen LogP contribution in [0.3, 0.4) is 0 Å².